The Morgan fingerprint density at radius 3 is 2.77 bits per heavy atom. The van der Waals surface area contributed by atoms with Gasteiger partial charge in [-0.2, -0.15) is 0 Å². The highest BCUT2D eigenvalue weighted by atomic mass is 16.7. The zero-order valence-corrected chi connectivity index (χ0v) is 18.0. The summed E-state index contributed by atoms with van der Waals surface area (Å²) in [6, 6.07) is 0. The standard InChI is InChI=1S/C24H32O6/c1-6-18-9-12-22(4)20(11-14-24(22)27-15-16-28-24)23(18,29-17-26-5)13-10-19(7-2)30-21(25)8-3/h2,6,8-9,19-20H,1,3,10-17H2,4-5H3/t19?,20?,22-,23+/m0/s1. The minimum absolute atomic E-state index is 0.102. The molecule has 0 aromatic rings. The fraction of sp³-hybridized carbons (Fsp3) is 0.625. The molecule has 30 heavy (non-hydrogen) atoms. The second-order valence-corrected chi connectivity index (χ2v) is 8.30. The van der Waals surface area contributed by atoms with Crippen LogP contribution in [0.2, 0.25) is 0 Å². The van der Waals surface area contributed by atoms with Crippen molar-refractivity contribution in [1.82, 2.24) is 0 Å². The molecule has 1 saturated heterocycles. The molecule has 3 aliphatic rings. The van der Waals surface area contributed by atoms with Crippen molar-refractivity contribution in [2.45, 2.75) is 56.5 Å². The van der Waals surface area contributed by atoms with E-state index >= 15 is 0 Å². The molecule has 1 heterocycles. The summed E-state index contributed by atoms with van der Waals surface area (Å²) in [5, 5.41) is 0. The second kappa shape index (κ2) is 9.07. The fourth-order valence-electron chi connectivity index (χ4n) is 5.58. The predicted molar refractivity (Wildman–Crippen MR) is 112 cm³/mol. The van der Waals surface area contributed by atoms with Crippen LogP contribution in [0.25, 0.3) is 0 Å². The van der Waals surface area contributed by atoms with Crippen LogP contribution in [-0.2, 0) is 28.5 Å². The lowest BCUT2D eigenvalue weighted by Gasteiger charge is -2.53. The Bertz CT molecular complexity index is 743. The van der Waals surface area contributed by atoms with E-state index in [1.807, 2.05) is 6.08 Å². The van der Waals surface area contributed by atoms with Gasteiger partial charge in [-0.25, -0.2) is 4.79 Å². The minimum Gasteiger partial charge on any atom is -0.446 e. The van der Waals surface area contributed by atoms with Crippen molar-refractivity contribution >= 4 is 5.97 Å². The van der Waals surface area contributed by atoms with E-state index in [-0.39, 0.29) is 18.1 Å². The molecule has 3 rings (SSSR count). The van der Waals surface area contributed by atoms with E-state index in [0.29, 0.717) is 26.1 Å². The number of carbonyl (C=O) groups is 1. The molecule has 0 radical (unpaired) electrons. The van der Waals surface area contributed by atoms with E-state index in [9.17, 15) is 4.79 Å². The van der Waals surface area contributed by atoms with Crippen LogP contribution in [0.1, 0.15) is 39.0 Å². The maximum atomic E-state index is 11.7. The van der Waals surface area contributed by atoms with Crippen molar-refractivity contribution in [3.63, 3.8) is 0 Å². The monoisotopic (exact) mass is 416 g/mol. The van der Waals surface area contributed by atoms with Gasteiger partial charge < -0.3 is 23.7 Å². The van der Waals surface area contributed by atoms with Gasteiger partial charge in [-0.3, -0.25) is 0 Å². The number of allylic oxidation sites excluding steroid dienone is 1. The highest BCUT2D eigenvalue weighted by Gasteiger charge is 2.67. The van der Waals surface area contributed by atoms with Crippen molar-refractivity contribution in [3.05, 3.63) is 37.0 Å². The number of hydrogen-bond acceptors (Lipinski definition) is 6. The van der Waals surface area contributed by atoms with Crippen LogP contribution in [0.4, 0.5) is 0 Å². The molecule has 4 atom stereocenters. The number of methoxy groups -OCH3 is 1. The Hall–Kier alpha value is -1.91. The van der Waals surface area contributed by atoms with Crippen molar-refractivity contribution < 1.29 is 28.5 Å². The molecule has 0 bridgehead atoms. The number of fused-ring (bicyclic) bond motifs is 2. The van der Waals surface area contributed by atoms with E-state index < -0.39 is 23.5 Å². The lowest BCUT2D eigenvalue weighted by Crippen LogP contribution is -2.56. The topological polar surface area (TPSA) is 63.2 Å². The van der Waals surface area contributed by atoms with Gasteiger partial charge in [-0.1, -0.05) is 38.2 Å². The van der Waals surface area contributed by atoms with Gasteiger partial charge in [0.15, 0.2) is 11.9 Å². The molecular formula is C24H32O6. The first kappa shape index (κ1) is 22.8. The van der Waals surface area contributed by atoms with E-state index in [2.05, 4.69) is 32.1 Å². The third-order valence-corrected chi connectivity index (χ3v) is 7.00. The Morgan fingerprint density at radius 1 is 1.43 bits per heavy atom. The number of hydrogen-bond donors (Lipinski definition) is 0. The van der Waals surface area contributed by atoms with Crippen molar-refractivity contribution in [2.75, 3.05) is 27.1 Å². The molecule has 0 N–H and O–H groups in total. The summed E-state index contributed by atoms with van der Waals surface area (Å²) in [5.74, 6) is 1.52. The van der Waals surface area contributed by atoms with Crippen LogP contribution in [0, 0.1) is 23.7 Å². The van der Waals surface area contributed by atoms with Gasteiger partial charge >= 0.3 is 5.97 Å². The molecule has 2 fully saturated rings. The van der Waals surface area contributed by atoms with E-state index in [1.165, 1.54) is 0 Å². The molecule has 6 heteroatoms. The molecule has 1 saturated carbocycles. The van der Waals surface area contributed by atoms with E-state index in [1.54, 1.807) is 7.11 Å². The third kappa shape index (κ3) is 3.65. The van der Waals surface area contributed by atoms with Gasteiger partial charge in [-0.15, -0.1) is 6.42 Å². The van der Waals surface area contributed by atoms with Crippen LogP contribution in [-0.4, -0.2) is 50.6 Å². The SMILES string of the molecule is C#CC(CC[C@@]1(OCOC)C(C=C)=CC[C@@]2(C)C1CCC21OCCO1)OC(=O)C=C. The summed E-state index contributed by atoms with van der Waals surface area (Å²) in [5.41, 5.74) is 0.0368. The number of rotatable bonds is 9. The smallest absolute Gasteiger partial charge is 0.331 e. The predicted octanol–water partition coefficient (Wildman–Crippen LogP) is 3.53. The number of esters is 1. The molecule has 6 nitrogen and oxygen atoms in total. The highest BCUT2D eigenvalue weighted by molar-refractivity contribution is 5.81. The van der Waals surface area contributed by atoms with Gasteiger partial charge in [0.1, 0.15) is 6.79 Å². The molecule has 1 aliphatic heterocycles. The Kier molecular flexibility index (Phi) is 6.88. The molecule has 2 unspecified atom stereocenters. The largest absolute Gasteiger partial charge is 0.446 e. The average molecular weight is 417 g/mol. The number of ether oxygens (including phenoxy) is 5. The van der Waals surface area contributed by atoms with Gasteiger partial charge in [0.2, 0.25) is 0 Å². The summed E-state index contributed by atoms with van der Waals surface area (Å²) >= 11 is 0. The van der Waals surface area contributed by atoms with Gasteiger partial charge in [-0.05, 0) is 31.3 Å². The highest BCUT2D eigenvalue weighted by Crippen LogP contribution is 2.64. The molecule has 0 amide bonds. The first-order valence-corrected chi connectivity index (χ1v) is 10.4. The summed E-state index contributed by atoms with van der Waals surface area (Å²) in [4.78, 5) is 11.7. The Balaban J connectivity index is 1.95. The van der Waals surface area contributed by atoms with Crippen LogP contribution < -0.4 is 0 Å². The van der Waals surface area contributed by atoms with Crippen LogP contribution in [0.3, 0.4) is 0 Å². The summed E-state index contributed by atoms with van der Waals surface area (Å²) in [7, 11) is 1.60. The maximum Gasteiger partial charge on any atom is 0.331 e. The minimum atomic E-state index is -0.695. The summed E-state index contributed by atoms with van der Waals surface area (Å²) in [6.45, 7) is 11.0. The normalized spacial score (nSPS) is 32.7. The van der Waals surface area contributed by atoms with Gasteiger partial charge in [0, 0.05) is 30.9 Å². The van der Waals surface area contributed by atoms with Crippen molar-refractivity contribution in [3.8, 4) is 12.3 Å². The number of terminal acetylenes is 1. The zero-order chi connectivity index (χ0) is 21.8. The Labute approximate surface area is 179 Å². The summed E-state index contributed by atoms with van der Waals surface area (Å²) in [6.07, 6.45) is 13.5. The van der Waals surface area contributed by atoms with E-state index in [4.69, 9.17) is 30.1 Å². The molecule has 164 valence electrons. The molecular weight excluding hydrogens is 384 g/mol. The lowest BCUT2D eigenvalue weighted by atomic mass is 9.59. The zero-order valence-electron chi connectivity index (χ0n) is 18.0. The number of carbonyl (C=O) groups excluding carboxylic acids is 1. The first-order chi connectivity index (χ1) is 14.4. The third-order valence-electron chi connectivity index (χ3n) is 7.00. The van der Waals surface area contributed by atoms with Crippen molar-refractivity contribution in [1.29, 1.82) is 0 Å². The Morgan fingerprint density at radius 2 is 2.17 bits per heavy atom. The van der Waals surface area contributed by atoms with Crippen LogP contribution in [0.5, 0.6) is 0 Å². The average Bonchev–Trinajstić information content (AvgIpc) is 3.35. The molecule has 2 aliphatic carbocycles. The maximum absolute atomic E-state index is 11.7. The van der Waals surface area contributed by atoms with Crippen molar-refractivity contribution in [2.24, 2.45) is 11.3 Å². The molecule has 0 aromatic heterocycles. The van der Waals surface area contributed by atoms with Crippen LogP contribution in [0.15, 0.2) is 37.0 Å². The first-order valence-electron chi connectivity index (χ1n) is 10.4. The lowest BCUT2D eigenvalue weighted by molar-refractivity contribution is -0.247. The molecule has 1 spiro atoms. The second-order valence-electron chi connectivity index (χ2n) is 8.30. The molecule has 0 aromatic carbocycles. The van der Waals surface area contributed by atoms with Gasteiger partial charge in [0.25, 0.3) is 0 Å². The van der Waals surface area contributed by atoms with Gasteiger partial charge in [0.05, 0.1) is 18.8 Å². The summed E-state index contributed by atoms with van der Waals surface area (Å²) < 4.78 is 29.4. The quantitative estimate of drug-likeness (QED) is 0.248. The van der Waals surface area contributed by atoms with E-state index in [0.717, 1.165) is 30.9 Å². The van der Waals surface area contributed by atoms with Crippen LogP contribution >= 0.6 is 0 Å². The fourth-order valence-corrected chi connectivity index (χ4v) is 5.58.